The molecule has 1 atom stereocenters. The van der Waals surface area contributed by atoms with Gasteiger partial charge in [0.25, 0.3) is 0 Å². The van der Waals surface area contributed by atoms with E-state index in [4.69, 9.17) is 11.6 Å². The lowest BCUT2D eigenvalue weighted by Gasteiger charge is -2.12. The third-order valence-electron chi connectivity index (χ3n) is 2.64. The van der Waals surface area contributed by atoms with E-state index in [1.54, 1.807) is 6.20 Å². The Morgan fingerprint density at radius 1 is 1.59 bits per heavy atom. The van der Waals surface area contributed by atoms with Crippen molar-refractivity contribution >= 4 is 22.9 Å². The number of aryl methyl sites for hydroxylation is 2. The molecule has 0 aliphatic heterocycles. The van der Waals surface area contributed by atoms with Crippen molar-refractivity contribution in [2.75, 3.05) is 0 Å². The number of hydrogen-bond acceptors (Lipinski definition) is 3. The molecule has 0 fully saturated rings. The van der Waals surface area contributed by atoms with Crippen LogP contribution in [0, 0.1) is 6.92 Å². The summed E-state index contributed by atoms with van der Waals surface area (Å²) >= 11 is 7.66. The zero-order chi connectivity index (χ0) is 12.4. The van der Waals surface area contributed by atoms with Crippen molar-refractivity contribution in [2.45, 2.75) is 32.9 Å². The number of hydrogen-bond donors (Lipinski definition) is 1. The number of halogens is 1. The van der Waals surface area contributed by atoms with Crippen molar-refractivity contribution in [2.24, 2.45) is 0 Å². The molecule has 0 bridgehead atoms. The van der Waals surface area contributed by atoms with Gasteiger partial charge < -0.3 is 5.11 Å². The summed E-state index contributed by atoms with van der Waals surface area (Å²) in [6, 6.07) is 1.84. The van der Waals surface area contributed by atoms with E-state index < -0.39 is 6.10 Å². The van der Waals surface area contributed by atoms with Gasteiger partial charge in [-0.05, 0) is 30.4 Å². The van der Waals surface area contributed by atoms with Gasteiger partial charge in [-0.3, -0.25) is 4.68 Å². The van der Waals surface area contributed by atoms with Crippen LogP contribution in [0.2, 0.25) is 5.02 Å². The van der Waals surface area contributed by atoms with Gasteiger partial charge in [0.1, 0.15) is 6.10 Å². The van der Waals surface area contributed by atoms with Crippen LogP contribution in [0.25, 0.3) is 0 Å². The van der Waals surface area contributed by atoms with Gasteiger partial charge in [-0.15, -0.1) is 11.3 Å². The van der Waals surface area contributed by atoms with Crippen LogP contribution in [0.5, 0.6) is 0 Å². The van der Waals surface area contributed by atoms with Gasteiger partial charge in [-0.1, -0.05) is 18.5 Å². The normalized spacial score (nSPS) is 12.9. The molecule has 2 aromatic rings. The molecule has 0 aromatic carbocycles. The van der Waals surface area contributed by atoms with Gasteiger partial charge in [0.2, 0.25) is 0 Å². The van der Waals surface area contributed by atoms with Crippen LogP contribution in [0.1, 0.15) is 35.6 Å². The molecule has 17 heavy (non-hydrogen) atoms. The van der Waals surface area contributed by atoms with Crippen molar-refractivity contribution < 1.29 is 5.11 Å². The molecule has 3 nitrogen and oxygen atoms in total. The first-order valence-corrected chi connectivity index (χ1v) is 6.84. The molecule has 2 aromatic heterocycles. The fourth-order valence-corrected chi connectivity index (χ4v) is 3.03. The minimum atomic E-state index is -0.685. The third kappa shape index (κ3) is 2.39. The first kappa shape index (κ1) is 12.6. The Morgan fingerprint density at radius 2 is 2.35 bits per heavy atom. The summed E-state index contributed by atoms with van der Waals surface area (Å²) in [5.74, 6) is 0. The smallest absolute Gasteiger partial charge is 0.131 e. The van der Waals surface area contributed by atoms with Crippen LogP contribution in [-0.2, 0) is 6.54 Å². The molecular formula is C12H15ClN2OS. The number of thiophene rings is 1. The molecular weight excluding hydrogens is 256 g/mol. The van der Waals surface area contributed by atoms with Crippen LogP contribution in [-0.4, -0.2) is 14.9 Å². The number of aliphatic hydroxyl groups is 1. The molecule has 0 aliphatic carbocycles. The van der Waals surface area contributed by atoms with Crippen LogP contribution >= 0.6 is 22.9 Å². The lowest BCUT2D eigenvalue weighted by molar-refractivity contribution is 0.211. The zero-order valence-electron chi connectivity index (χ0n) is 9.85. The maximum atomic E-state index is 10.3. The van der Waals surface area contributed by atoms with Crippen LogP contribution < -0.4 is 0 Å². The van der Waals surface area contributed by atoms with Crippen molar-refractivity contribution in [1.29, 1.82) is 0 Å². The topological polar surface area (TPSA) is 38.0 Å². The summed E-state index contributed by atoms with van der Waals surface area (Å²) in [6.07, 6.45) is 2.01. The van der Waals surface area contributed by atoms with E-state index in [-0.39, 0.29) is 0 Å². The highest BCUT2D eigenvalue weighted by Gasteiger charge is 2.20. The van der Waals surface area contributed by atoms with E-state index in [0.29, 0.717) is 5.02 Å². The monoisotopic (exact) mass is 270 g/mol. The second-order valence-corrected chi connectivity index (χ2v) is 5.27. The Kier molecular flexibility index (Phi) is 3.86. The van der Waals surface area contributed by atoms with Crippen LogP contribution in [0.4, 0.5) is 0 Å². The minimum absolute atomic E-state index is 0.659. The van der Waals surface area contributed by atoms with Crippen LogP contribution in [0.3, 0.4) is 0 Å². The Hall–Kier alpha value is -0.840. The van der Waals surface area contributed by atoms with Gasteiger partial charge in [0, 0.05) is 12.7 Å². The number of aliphatic hydroxyl groups excluding tert-OH is 1. The Morgan fingerprint density at radius 3 is 2.94 bits per heavy atom. The fourth-order valence-electron chi connectivity index (χ4n) is 1.74. The predicted molar refractivity (Wildman–Crippen MR) is 70.6 cm³/mol. The predicted octanol–water partition coefficient (Wildman–Crippen LogP) is 3.40. The van der Waals surface area contributed by atoms with E-state index >= 15 is 0 Å². The average molecular weight is 271 g/mol. The van der Waals surface area contributed by atoms with E-state index in [1.807, 2.05) is 23.1 Å². The summed E-state index contributed by atoms with van der Waals surface area (Å²) in [5, 5.41) is 17.2. The molecule has 0 aliphatic rings. The number of nitrogens with zero attached hydrogens (tertiary/aromatic N) is 2. The quantitative estimate of drug-likeness (QED) is 0.925. The largest absolute Gasteiger partial charge is 0.381 e. The first-order chi connectivity index (χ1) is 8.15. The molecule has 92 valence electrons. The lowest BCUT2D eigenvalue weighted by atomic mass is 10.2. The van der Waals surface area contributed by atoms with Gasteiger partial charge >= 0.3 is 0 Å². The molecule has 2 rings (SSSR count). The Balaban J connectivity index is 2.33. The van der Waals surface area contributed by atoms with E-state index in [0.717, 1.165) is 29.1 Å². The maximum absolute atomic E-state index is 10.3. The summed E-state index contributed by atoms with van der Waals surface area (Å²) in [4.78, 5) is 0.794. The van der Waals surface area contributed by atoms with Gasteiger partial charge in [0.15, 0.2) is 0 Å². The SMILES string of the molecule is CCCn1nccc1C(O)c1scc(C)c1Cl. The highest BCUT2D eigenvalue weighted by molar-refractivity contribution is 7.10. The summed E-state index contributed by atoms with van der Waals surface area (Å²) in [7, 11) is 0. The molecule has 0 saturated heterocycles. The fraction of sp³-hybridized carbons (Fsp3) is 0.417. The second kappa shape index (κ2) is 5.21. The first-order valence-electron chi connectivity index (χ1n) is 5.58. The maximum Gasteiger partial charge on any atom is 0.131 e. The minimum Gasteiger partial charge on any atom is -0.381 e. The molecule has 1 unspecified atom stereocenters. The summed E-state index contributed by atoms with van der Waals surface area (Å²) in [5.41, 5.74) is 1.81. The summed E-state index contributed by atoms with van der Waals surface area (Å²) in [6.45, 7) is 4.83. The zero-order valence-corrected chi connectivity index (χ0v) is 11.4. The lowest BCUT2D eigenvalue weighted by Crippen LogP contribution is -2.09. The average Bonchev–Trinajstić information content (AvgIpc) is 2.88. The van der Waals surface area contributed by atoms with Crippen LogP contribution in [0.15, 0.2) is 17.6 Å². The Bertz CT molecular complexity index is 506. The number of rotatable bonds is 4. The third-order valence-corrected chi connectivity index (χ3v) is 4.40. The van der Waals surface area contributed by atoms with Crippen molar-refractivity contribution in [3.8, 4) is 0 Å². The highest BCUT2D eigenvalue weighted by Crippen LogP contribution is 2.35. The molecule has 0 radical (unpaired) electrons. The van der Waals surface area contributed by atoms with E-state index in [2.05, 4.69) is 12.0 Å². The molecule has 2 heterocycles. The van der Waals surface area contributed by atoms with Crippen molar-refractivity contribution in [1.82, 2.24) is 9.78 Å². The molecule has 0 amide bonds. The highest BCUT2D eigenvalue weighted by atomic mass is 35.5. The standard InChI is InChI=1S/C12H15ClN2OS/c1-3-6-15-9(4-5-14-15)11(16)12-10(13)8(2)7-17-12/h4-5,7,11,16H,3,6H2,1-2H3. The van der Waals surface area contributed by atoms with Crippen molar-refractivity contribution in [3.05, 3.63) is 38.8 Å². The second-order valence-electron chi connectivity index (χ2n) is 3.98. The molecule has 0 saturated carbocycles. The van der Waals surface area contributed by atoms with E-state index in [9.17, 15) is 5.11 Å². The molecule has 0 spiro atoms. The van der Waals surface area contributed by atoms with Crippen molar-refractivity contribution in [3.63, 3.8) is 0 Å². The van der Waals surface area contributed by atoms with Gasteiger partial charge in [-0.25, -0.2) is 0 Å². The van der Waals surface area contributed by atoms with Gasteiger partial charge in [0.05, 0.1) is 15.6 Å². The molecule has 1 N–H and O–H groups in total. The summed E-state index contributed by atoms with van der Waals surface area (Å²) < 4.78 is 1.83. The Labute approximate surface area is 110 Å². The molecule has 5 heteroatoms. The van der Waals surface area contributed by atoms with Gasteiger partial charge in [-0.2, -0.15) is 5.10 Å². The van der Waals surface area contributed by atoms with E-state index in [1.165, 1.54) is 11.3 Å². The number of aromatic nitrogens is 2.